The Balaban J connectivity index is 1.56. The van der Waals surface area contributed by atoms with Crippen molar-refractivity contribution in [3.05, 3.63) is 54.1 Å². The number of rotatable bonds is 5. The molecule has 7 nitrogen and oxygen atoms in total. The molecule has 0 radical (unpaired) electrons. The molecular weight excluding hydrogens is 422 g/mol. The van der Waals surface area contributed by atoms with E-state index in [1.165, 1.54) is 11.8 Å². The van der Waals surface area contributed by atoms with Gasteiger partial charge in [0.2, 0.25) is 5.91 Å². The Bertz CT molecular complexity index is 1100. The molecule has 1 fully saturated rings. The quantitative estimate of drug-likeness (QED) is 0.761. The number of methoxy groups -OCH3 is 1. The first-order chi connectivity index (χ1) is 14.3. The van der Waals surface area contributed by atoms with Gasteiger partial charge in [-0.2, -0.15) is 0 Å². The molecule has 2 heterocycles. The summed E-state index contributed by atoms with van der Waals surface area (Å²) in [4.78, 5) is 19.4. The van der Waals surface area contributed by atoms with Crippen molar-refractivity contribution in [2.75, 3.05) is 35.4 Å². The predicted octanol–water partition coefficient (Wildman–Crippen LogP) is 2.72. The van der Waals surface area contributed by atoms with E-state index in [1.54, 1.807) is 19.2 Å². The maximum Gasteiger partial charge on any atom is 0.244 e. The van der Waals surface area contributed by atoms with Crippen molar-refractivity contribution in [3.63, 3.8) is 0 Å². The number of nitrogens with one attached hydrogen (secondary N) is 1. The molecule has 2 aromatic rings. The molecule has 0 unspecified atom stereocenters. The zero-order valence-corrected chi connectivity index (χ0v) is 18.4. The molecule has 0 bridgehead atoms. The number of fused-ring (bicyclic) bond motifs is 1. The number of hydrogen-bond acceptors (Lipinski definition) is 7. The van der Waals surface area contributed by atoms with Crippen molar-refractivity contribution in [1.82, 2.24) is 0 Å². The summed E-state index contributed by atoms with van der Waals surface area (Å²) in [5, 5.41) is 3.50. The molecule has 1 amide bonds. The molecule has 158 valence electrons. The SMILES string of the molecule is COc1cccc(NC(=O)CN(C2=N[C@@H]3CS(=O)(=O)C[C@H]3S2)c2cccc(C)c2)c1. The van der Waals surface area contributed by atoms with E-state index in [0.29, 0.717) is 16.6 Å². The lowest BCUT2D eigenvalue weighted by atomic mass is 10.2. The van der Waals surface area contributed by atoms with Crippen LogP contribution in [0.4, 0.5) is 11.4 Å². The van der Waals surface area contributed by atoms with Crippen molar-refractivity contribution in [1.29, 1.82) is 0 Å². The Morgan fingerprint density at radius 1 is 1.23 bits per heavy atom. The number of nitrogens with zero attached hydrogens (tertiary/aromatic N) is 2. The van der Waals surface area contributed by atoms with Gasteiger partial charge in [0.1, 0.15) is 12.3 Å². The fourth-order valence-corrected chi connectivity index (χ4v) is 7.36. The molecule has 9 heteroatoms. The summed E-state index contributed by atoms with van der Waals surface area (Å²) < 4.78 is 29.0. The highest BCUT2D eigenvalue weighted by Gasteiger charge is 2.44. The fourth-order valence-electron chi connectivity index (χ4n) is 3.58. The first-order valence-corrected chi connectivity index (χ1v) is 12.3. The maximum absolute atomic E-state index is 12.8. The summed E-state index contributed by atoms with van der Waals surface area (Å²) in [5.41, 5.74) is 2.56. The van der Waals surface area contributed by atoms with Crippen LogP contribution >= 0.6 is 11.8 Å². The Hall–Kier alpha value is -2.52. The summed E-state index contributed by atoms with van der Waals surface area (Å²) in [7, 11) is -1.46. The van der Waals surface area contributed by atoms with E-state index in [1.807, 2.05) is 48.2 Å². The molecule has 2 aromatic carbocycles. The van der Waals surface area contributed by atoms with Crippen LogP contribution in [0.1, 0.15) is 5.56 Å². The van der Waals surface area contributed by atoms with Gasteiger partial charge < -0.3 is 15.0 Å². The van der Waals surface area contributed by atoms with E-state index in [4.69, 9.17) is 4.74 Å². The van der Waals surface area contributed by atoms with Crippen LogP contribution in [0, 0.1) is 6.92 Å². The summed E-state index contributed by atoms with van der Waals surface area (Å²) in [6, 6.07) is 14.8. The van der Waals surface area contributed by atoms with Gasteiger partial charge in [0.15, 0.2) is 15.0 Å². The first kappa shape index (κ1) is 20.7. The number of ether oxygens (including phenoxy) is 1. The number of sulfone groups is 1. The molecule has 2 aliphatic heterocycles. The average molecular weight is 446 g/mol. The minimum Gasteiger partial charge on any atom is -0.497 e. The molecule has 0 aliphatic carbocycles. The van der Waals surface area contributed by atoms with Gasteiger partial charge in [-0.1, -0.05) is 30.0 Å². The Morgan fingerprint density at radius 2 is 2.03 bits per heavy atom. The van der Waals surface area contributed by atoms with Gasteiger partial charge in [-0.3, -0.25) is 9.79 Å². The largest absolute Gasteiger partial charge is 0.497 e. The molecule has 0 aromatic heterocycles. The standard InChI is InChI=1S/C21H23N3O4S2/c1-14-5-3-7-16(9-14)24(21-23-18-12-30(26,27)13-19(18)29-21)11-20(25)22-15-6-4-8-17(10-15)28-2/h3-10,18-19H,11-13H2,1-2H3,(H,22,25)/t18-,19-/m1/s1. The Morgan fingerprint density at radius 3 is 2.77 bits per heavy atom. The monoisotopic (exact) mass is 445 g/mol. The molecule has 2 atom stereocenters. The van der Waals surface area contributed by atoms with Crippen LogP contribution in [-0.4, -0.2) is 55.9 Å². The maximum atomic E-state index is 12.8. The zero-order valence-electron chi connectivity index (χ0n) is 16.7. The molecule has 0 saturated carbocycles. The average Bonchev–Trinajstić information content (AvgIpc) is 3.19. The molecular formula is C21H23N3O4S2. The number of hydrogen-bond donors (Lipinski definition) is 1. The summed E-state index contributed by atoms with van der Waals surface area (Å²) in [6.07, 6.45) is 0. The van der Waals surface area contributed by atoms with Crippen LogP contribution in [-0.2, 0) is 14.6 Å². The number of aliphatic imine (C=N–C) groups is 1. The minimum absolute atomic E-state index is 0.0681. The van der Waals surface area contributed by atoms with Gasteiger partial charge in [0.05, 0.1) is 24.7 Å². The van der Waals surface area contributed by atoms with E-state index in [-0.39, 0.29) is 35.2 Å². The number of anilines is 2. The number of benzene rings is 2. The summed E-state index contributed by atoms with van der Waals surface area (Å²) in [5.74, 6) is 0.671. The third-order valence-electron chi connectivity index (χ3n) is 5.00. The molecule has 0 spiro atoms. The van der Waals surface area contributed by atoms with Crippen molar-refractivity contribution < 1.29 is 17.9 Å². The lowest BCUT2D eigenvalue weighted by Crippen LogP contribution is -2.36. The summed E-state index contributed by atoms with van der Waals surface area (Å²) in [6.45, 7) is 2.06. The fraction of sp³-hybridized carbons (Fsp3) is 0.333. The van der Waals surface area contributed by atoms with E-state index in [0.717, 1.165) is 11.3 Å². The van der Waals surface area contributed by atoms with Gasteiger partial charge in [-0.05, 0) is 36.8 Å². The second kappa shape index (κ2) is 8.31. The van der Waals surface area contributed by atoms with Crippen molar-refractivity contribution in [2.45, 2.75) is 18.2 Å². The van der Waals surface area contributed by atoms with E-state index >= 15 is 0 Å². The number of amides is 1. The van der Waals surface area contributed by atoms with Gasteiger partial charge >= 0.3 is 0 Å². The minimum atomic E-state index is -3.03. The molecule has 1 N–H and O–H groups in total. The normalized spacial score (nSPS) is 21.6. The summed E-state index contributed by atoms with van der Waals surface area (Å²) >= 11 is 1.44. The van der Waals surface area contributed by atoms with Gasteiger partial charge in [0, 0.05) is 22.7 Å². The highest BCUT2D eigenvalue weighted by Crippen LogP contribution is 2.37. The van der Waals surface area contributed by atoms with Crippen LogP contribution < -0.4 is 15.0 Å². The number of carbonyl (C=O) groups excluding carboxylic acids is 1. The number of aryl methyl sites for hydroxylation is 1. The highest BCUT2D eigenvalue weighted by molar-refractivity contribution is 8.15. The lowest BCUT2D eigenvalue weighted by molar-refractivity contribution is -0.114. The zero-order chi connectivity index (χ0) is 21.3. The third-order valence-corrected chi connectivity index (χ3v) is 8.25. The van der Waals surface area contributed by atoms with Crippen molar-refractivity contribution in [3.8, 4) is 5.75 Å². The van der Waals surface area contributed by atoms with Crippen LogP contribution in [0.15, 0.2) is 53.5 Å². The van der Waals surface area contributed by atoms with E-state index in [2.05, 4.69) is 10.3 Å². The molecule has 1 saturated heterocycles. The number of amidine groups is 1. The second-order valence-corrected chi connectivity index (χ2v) is 10.8. The van der Waals surface area contributed by atoms with Gasteiger partial charge in [-0.25, -0.2) is 8.42 Å². The van der Waals surface area contributed by atoms with Gasteiger partial charge in [0.25, 0.3) is 0 Å². The highest BCUT2D eigenvalue weighted by atomic mass is 32.2. The smallest absolute Gasteiger partial charge is 0.244 e. The molecule has 4 rings (SSSR count). The molecule has 2 aliphatic rings. The van der Waals surface area contributed by atoms with Crippen LogP contribution in [0.25, 0.3) is 0 Å². The first-order valence-electron chi connectivity index (χ1n) is 9.56. The molecule has 30 heavy (non-hydrogen) atoms. The van der Waals surface area contributed by atoms with E-state index in [9.17, 15) is 13.2 Å². The van der Waals surface area contributed by atoms with Crippen molar-refractivity contribution in [2.24, 2.45) is 4.99 Å². The number of carbonyl (C=O) groups is 1. The predicted molar refractivity (Wildman–Crippen MR) is 121 cm³/mol. The van der Waals surface area contributed by atoms with Crippen LogP contribution in [0.3, 0.4) is 0 Å². The Kier molecular flexibility index (Phi) is 5.75. The third kappa shape index (κ3) is 4.62. The van der Waals surface area contributed by atoms with E-state index < -0.39 is 9.84 Å². The number of thioether (sulfide) groups is 1. The van der Waals surface area contributed by atoms with Crippen LogP contribution in [0.5, 0.6) is 5.75 Å². The van der Waals surface area contributed by atoms with Crippen LogP contribution in [0.2, 0.25) is 0 Å². The topological polar surface area (TPSA) is 88.1 Å². The van der Waals surface area contributed by atoms with Crippen molar-refractivity contribution >= 4 is 44.0 Å². The lowest BCUT2D eigenvalue weighted by Gasteiger charge is -2.24. The van der Waals surface area contributed by atoms with Gasteiger partial charge in [-0.15, -0.1) is 0 Å². The second-order valence-electron chi connectivity index (χ2n) is 7.42. The Labute approximate surface area is 180 Å².